The van der Waals surface area contributed by atoms with E-state index < -0.39 is 27.4 Å². The van der Waals surface area contributed by atoms with Crippen LogP contribution in [0.5, 0.6) is 0 Å². The lowest BCUT2D eigenvalue weighted by atomic mass is 9.81. The molecule has 3 aliphatic heterocycles. The number of sulfone groups is 1. The molecule has 3 heterocycles. The van der Waals surface area contributed by atoms with Gasteiger partial charge in [-0.25, -0.2) is 17.2 Å². The summed E-state index contributed by atoms with van der Waals surface area (Å²) in [5, 5.41) is 5.69. The Bertz CT molecular complexity index is 1040. The van der Waals surface area contributed by atoms with Crippen molar-refractivity contribution in [2.75, 3.05) is 36.0 Å². The molecule has 2 atom stereocenters. The number of benzene rings is 1. The van der Waals surface area contributed by atoms with Gasteiger partial charge >= 0.3 is 0 Å². The lowest BCUT2D eigenvalue weighted by Gasteiger charge is -2.47. The number of hydrogen-bond acceptors (Lipinski definition) is 5. The molecule has 7 nitrogen and oxygen atoms in total. The molecule has 4 fully saturated rings. The van der Waals surface area contributed by atoms with Crippen molar-refractivity contribution in [2.45, 2.75) is 50.5 Å². The Kier molecular flexibility index (Phi) is 5.61. The Balaban J connectivity index is 1.22. The molecule has 10 heteroatoms. The third kappa shape index (κ3) is 4.34. The Labute approximate surface area is 192 Å². The standard InChI is InChI=1S/C23H29F2N3O4S/c24-18-8-15(17-10-16(27-22(17)30)11-26-21(29)14-2-1-3-14)9-19(25)20(18)28-6-4-23(5-7-28)12-33(31,32)13-23/h8-9,14,16-17H,1-7,10-13H2,(H,26,29)(H,27,30)/t16?,17-/m0/s1. The van der Waals surface area contributed by atoms with E-state index in [-0.39, 0.29) is 51.9 Å². The minimum absolute atomic E-state index is 0.00297. The van der Waals surface area contributed by atoms with Gasteiger partial charge in [-0.1, -0.05) is 6.42 Å². The van der Waals surface area contributed by atoms with E-state index in [1.165, 1.54) is 12.1 Å². The molecule has 33 heavy (non-hydrogen) atoms. The molecule has 1 unspecified atom stereocenters. The number of rotatable bonds is 5. The number of amides is 2. The van der Waals surface area contributed by atoms with Crippen LogP contribution in [0.1, 0.15) is 50.0 Å². The largest absolute Gasteiger partial charge is 0.367 e. The second-order valence-corrected chi connectivity index (χ2v) is 12.3. The first-order chi connectivity index (χ1) is 15.6. The average molecular weight is 482 g/mol. The molecule has 1 aliphatic carbocycles. The van der Waals surface area contributed by atoms with Crippen molar-refractivity contribution in [3.63, 3.8) is 0 Å². The van der Waals surface area contributed by atoms with Gasteiger partial charge in [0.15, 0.2) is 9.84 Å². The van der Waals surface area contributed by atoms with Gasteiger partial charge < -0.3 is 15.5 Å². The van der Waals surface area contributed by atoms with Gasteiger partial charge in [0.25, 0.3) is 0 Å². The highest BCUT2D eigenvalue weighted by Gasteiger charge is 2.50. The molecule has 2 amide bonds. The smallest absolute Gasteiger partial charge is 0.227 e. The summed E-state index contributed by atoms with van der Waals surface area (Å²) >= 11 is 0. The first-order valence-electron chi connectivity index (χ1n) is 11.7. The van der Waals surface area contributed by atoms with Gasteiger partial charge in [0, 0.05) is 37.0 Å². The van der Waals surface area contributed by atoms with Gasteiger partial charge in [-0.3, -0.25) is 9.59 Å². The first-order valence-corrected chi connectivity index (χ1v) is 13.5. The van der Waals surface area contributed by atoms with Crippen molar-refractivity contribution in [3.05, 3.63) is 29.3 Å². The molecule has 1 aromatic carbocycles. The molecule has 2 N–H and O–H groups in total. The zero-order valence-corrected chi connectivity index (χ0v) is 19.2. The van der Waals surface area contributed by atoms with Crippen molar-refractivity contribution >= 4 is 27.3 Å². The molecule has 1 saturated carbocycles. The molecule has 1 aromatic rings. The number of piperidine rings is 1. The normalized spacial score (nSPS) is 28.2. The molecule has 0 radical (unpaired) electrons. The zero-order valence-electron chi connectivity index (χ0n) is 18.4. The van der Waals surface area contributed by atoms with E-state index in [2.05, 4.69) is 10.6 Å². The van der Waals surface area contributed by atoms with Gasteiger partial charge in [-0.2, -0.15) is 0 Å². The summed E-state index contributed by atoms with van der Waals surface area (Å²) in [7, 11) is -2.95. The number of halogens is 2. The first kappa shape index (κ1) is 22.6. The highest BCUT2D eigenvalue weighted by atomic mass is 32.2. The lowest BCUT2D eigenvalue weighted by Crippen LogP contribution is -2.54. The Morgan fingerprint density at radius 3 is 2.33 bits per heavy atom. The molecule has 3 saturated heterocycles. The van der Waals surface area contributed by atoms with E-state index in [0.29, 0.717) is 38.9 Å². The maximum absolute atomic E-state index is 15.0. The number of anilines is 1. The zero-order chi connectivity index (χ0) is 23.4. The molecule has 1 spiro atoms. The van der Waals surface area contributed by atoms with Gasteiger partial charge in [-0.15, -0.1) is 0 Å². The maximum atomic E-state index is 15.0. The van der Waals surface area contributed by atoms with Crippen molar-refractivity contribution in [1.29, 1.82) is 0 Å². The third-order valence-corrected chi connectivity index (χ3v) is 9.92. The summed E-state index contributed by atoms with van der Waals surface area (Å²) in [6.45, 7) is 1.11. The van der Waals surface area contributed by atoms with Crippen molar-refractivity contribution in [2.24, 2.45) is 11.3 Å². The fourth-order valence-electron chi connectivity index (χ4n) is 5.69. The summed E-state index contributed by atoms with van der Waals surface area (Å²) in [6.07, 6.45) is 4.40. The highest BCUT2D eigenvalue weighted by Crippen LogP contribution is 2.44. The van der Waals surface area contributed by atoms with Crippen molar-refractivity contribution < 1.29 is 26.8 Å². The number of carbonyl (C=O) groups excluding carboxylic acids is 2. The SMILES string of the molecule is O=C(NCC1C[C@@H](c2cc(F)c(N3CCC4(CC3)CS(=O)(=O)C4)c(F)c2)C(=O)N1)C1CCC1. The second kappa shape index (κ2) is 8.21. The van der Waals surface area contributed by atoms with Crippen molar-refractivity contribution in [1.82, 2.24) is 10.6 Å². The molecular formula is C23H29F2N3O4S. The summed E-state index contributed by atoms with van der Waals surface area (Å²) < 4.78 is 53.1. The number of nitrogens with one attached hydrogen (secondary N) is 2. The lowest BCUT2D eigenvalue weighted by molar-refractivity contribution is -0.127. The van der Waals surface area contributed by atoms with Gasteiger partial charge in [0.2, 0.25) is 11.8 Å². The molecule has 4 aliphatic rings. The molecule has 5 rings (SSSR count). The van der Waals surface area contributed by atoms with Crippen LogP contribution in [0.2, 0.25) is 0 Å². The fourth-order valence-corrected chi connectivity index (χ4v) is 8.04. The van der Waals surface area contributed by atoms with Crippen LogP contribution in [-0.4, -0.2) is 57.4 Å². The predicted molar refractivity (Wildman–Crippen MR) is 119 cm³/mol. The second-order valence-electron chi connectivity index (χ2n) is 10.2. The molecule has 0 bridgehead atoms. The summed E-state index contributed by atoms with van der Waals surface area (Å²) in [6, 6.07) is 2.20. The van der Waals surface area contributed by atoms with Crippen LogP contribution in [0, 0.1) is 23.0 Å². The predicted octanol–water partition coefficient (Wildman–Crippen LogP) is 1.87. The van der Waals surface area contributed by atoms with Crippen molar-refractivity contribution in [3.8, 4) is 0 Å². The van der Waals surface area contributed by atoms with Crippen LogP contribution in [0.25, 0.3) is 0 Å². The third-order valence-electron chi connectivity index (χ3n) is 7.82. The number of carbonyl (C=O) groups is 2. The summed E-state index contributed by atoms with van der Waals surface area (Å²) in [4.78, 5) is 26.1. The van der Waals surface area contributed by atoms with Crippen LogP contribution in [0.4, 0.5) is 14.5 Å². The van der Waals surface area contributed by atoms with Gasteiger partial charge in [-0.05, 0) is 49.8 Å². The summed E-state index contributed by atoms with van der Waals surface area (Å²) in [5.74, 6) is -1.99. The summed E-state index contributed by atoms with van der Waals surface area (Å²) in [5.41, 5.74) is -0.0659. The van der Waals surface area contributed by atoms with Crippen LogP contribution in [0.3, 0.4) is 0 Å². The van der Waals surface area contributed by atoms with E-state index in [1.54, 1.807) is 4.90 Å². The van der Waals surface area contributed by atoms with E-state index in [4.69, 9.17) is 0 Å². The minimum atomic E-state index is -2.95. The van der Waals surface area contributed by atoms with E-state index in [1.807, 2.05) is 0 Å². The molecule has 180 valence electrons. The monoisotopic (exact) mass is 481 g/mol. The minimum Gasteiger partial charge on any atom is -0.367 e. The average Bonchev–Trinajstić information content (AvgIpc) is 3.05. The van der Waals surface area contributed by atoms with Crippen LogP contribution in [0.15, 0.2) is 12.1 Å². The van der Waals surface area contributed by atoms with Crippen LogP contribution in [-0.2, 0) is 19.4 Å². The van der Waals surface area contributed by atoms with E-state index in [0.717, 1.165) is 19.3 Å². The van der Waals surface area contributed by atoms with E-state index >= 15 is 8.78 Å². The maximum Gasteiger partial charge on any atom is 0.227 e. The van der Waals surface area contributed by atoms with Gasteiger partial charge in [0.05, 0.1) is 17.4 Å². The van der Waals surface area contributed by atoms with Crippen LogP contribution < -0.4 is 15.5 Å². The van der Waals surface area contributed by atoms with E-state index in [9.17, 15) is 18.0 Å². The Morgan fingerprint density at radius 2 is 1.79 bits per heavy atom. The Morgan fingerprint density at radius 1 is 1.15 bits per heavy atom. The number of nitrogens with zero attached hydrogens (tertiary/aromatic N) is 1. The molecular weight excluding hydrogens is 452 g/mol. The Hall–Kier alpha value is -2.23. The quantitative estimate of drug-likeness (QED) is 0.670. The van der Waals surface area contributed by atoms with Gasteiger partial charge in [0.1, 0.15) is 17.3 Å². The molecule has 0 aromatic heterocycles. The topological polar surface area (TPSA) is 95.6 Å². The highest BCUT2D eigenvalue weighted by molar-refractivity contribution is 7.92. The number of hydrogen-bond donors (Lipinski definition) is 2. The fraction of sp³-hybridized carbons (Fsp3) is 0.652. The van der Waals surface area contributed by atoms with Crippen LogP contribution >= 0.6 is 0 Å².